The molecule has 0 atom stereocenters. The van der Waals surface area contributed by atoms with Crippen LogP contribution in [-0.4, -0.2) is 47.5 Å². The van der Waals surface area contributed by atoms with Crippen LogP contribution >= 0.6 is 11.6 Å². The fraction of sp³-hybridized carbons (Fsp3) is 0.154. The van der Waals surface area contributed by atoms with Gasteiger partial charge in [0.25, 0.3) is 17.7 Å². The normalized spacial score (nSPS) is 11.0. The summed E-state index contributed by atoms with van der Waals surface area (Å²) in [5, 5.41) is 13.3. The molecule has 0 unspecified atom stereocenters. The molecule has 0 saturated heterocycles. The van der Waals surface area contributed by atoms with Gasteiger partial charge in [0, 0.05) is 37.6 Å². The summed E-state index contributed by atoms with van der Waals surface area (Å²) in [4.78, 5) is 31.8. The topological polar surface area (TPSA) is 154 Å². The number of nitrogens with zero attached hydrogens (tertiary/aromatic N) is 4. The average Bonchev–Trinajstić information content (AvgIpc) is 3.65. The number of ether oxygens (including phenoxy) is 2. The van der Waals surface area contributed by atoms with E-state index in [0.717, 1.165) is 12.2 Å². The first kappa shape index (κ1) is 28.8. The minimum atomic E-state index is -0.579. The Morgan fingerprint density at radius 2 is 1.85 bits per heavy atom. The van der Waals surface area contributed by atoms with E-state index in [9.17, 15) is 9.59 Å². The number of carbonyl (C=O) groups is 2. The molecule has 2 N–H and O–H groups in total. The number of nitrogens with one attached hydrogen (secondary N) is 2. The Bertz CT molecular complexity index is 1370. The predicted molar refractivity (Wildman–Crippen MR) is 143 cm³/mol. The third-order valence-electron chi connectivity index (χ3n) is 4.66. The SMILES string of the molecule is CCOC.O=Cc1noc(/C(=C/NCc2ccc(Cl)cc2)C(=O)NC=Nc2ccc(Oc3ccon3)cc2)n1. The highest BCUT2D eigenvalue weighted by molar-refractivity contribution is 6.30. The van der Waals surface area contributed by atoms with Gasteiger partial charge in [0.15, 0.2) is 6.29 Å². The van der Waals surface area contributed by atoms with Crippen molar-refractivity contribution in [1.29, 1.82) is 0 Å². The first-order valence-corrected chi connectivity index (χ1v) is 11.9. The van der Waals surface area contributed by atoms with Crippen molar-refractivity contribution in [2.75, 3.05) is 13.7 Å². The van der Waals surface area contributed by atoms with Gasteiger partial charge in [0.2, 0.25) is 5.82 Å². The van der Waals surface area contributed by atoms with Crippen LogP contribution in [-0.2, 0) is 16.1 Å². The number of hydrogen-bond acceptors (Lipinski definition) is 11. The number of benzene rings is 2. The molecular formula is C26H25ClN6O6. The summed E-state index contributed by atoms with van der Waals surface area (Å²) in [5.74, 6) is -0.0177. The number of rotatable bonds is 11. The molecule has 202 valence electrons. The number of halogens is 1. The molecule has 0 aliphatic carbocycles. The second kappa shape index (κ2) is 15.4. The highest BCUT2D eigenvalue weighted by Crippen LogP contribution is 2.22. The molecule has 0 aliphatic rings. The lowest BCUT2D eigenvalue weighted by Crippen LogP contribution is -2.24. The second-order valence-electron chi connectivity index (χ2n) is 7.38. The number of aldehydes is 1. The zero-order valence-electron chi connectivity index (χ0n) is 21.0. The predicted octanol–water partition coefficient (Wildman–Crippen LogP) is 4.58. The standard InChI is InChI=1S/C23H17ClN6O5.C3H8O/c24-16-3-1-15(2-4-16)11-25-12-19(23-28-20(13-31)29-35-23)22(32)27-14-26-17-5-7-18(8-6-17)34-21-9-10-33-30-21;1-3-4-2/h1-10,12-14,25H,11H2,(H,26,27,32);3H2,1-2H3/b19-12+;. The zero-order valence-corrected chi connectivity index (χ0v) is 21.8. The largest absolute Gasteiger partial charge is 0.436 e. The van der Waals surface area contributed by atoms with Crippen LogP contribution in [0.5, 0.6) is 11.6 Å². The van der Waals surface area contributed by atoms with Crippen LogP contribution in [0.25, 0.3) is 5.57 Å². The second-order valence-corrected chi connectivity index (χ2v) is 7.82. The lowest BCUT2D eigenvalue weighted by Gasteiger charge is -2.05. The Morgan fingerprint density at radius 3 is 2.46 bits per heavy atom. The lowest BCUT2D eigenvalue weighted by atomic mass is 10.2. The van der Waals surface area contributed by atoms with E-state index >= 15 is 0 Å². The molecule has 4 aromatic rings. The van der Waals surface area contributed by atoms with E-state index in [1.165, 1.54) is 18.8 Å². The van der Waals surface area contributed by atoms with Crippen LogP contribution in [0, 0.1) is 0 Å². The zero-order chi connectivity index (χ0) is 27.9. The van der Waals surface area contributed by atoms with Crippen LogP contribution in [0.2, 0.25) is 5.02 Å². The van der Waals surface area contributed by atoms with E-state index in [2.05, 4.69) is 35.7 Å². The Balaban J connectivity index is 0.000000983. The van der Waals surface area contributed by atoms with Crippen molar-refractivity contribution in [3.63, 3.8) is 0 Å². The molecule has 2 aromatic carbocycles. The van der Waals surface area contributed by atoms with Crippen LogP contribution in [0.4, 0.5) is 5.69 Å². The van der Waals surface area contributed by atoms with Gasteiger partial charge in [-0.1, -0.05) is 28.9 Å². The molecule has 0 bridgehead atoms. The van der Waals surface area contributed by atoms with Crippen molar-refractivity contribution in [3.8, 4) is 11.6 Å². The van der Waals surface area contributed by atoms with Gasteiger partial charge in [-0.05, 0) is 54.0 Å². The summed E-state index contributed by atoms with van der Waals surface area (Å²) in [5.41, 5.74) is 1.51. The van der Waals surface area contributed by atoms with Gasteiger partial charge in [-0.3, -0.25) is 9.59 Å². The molecular weight excluding hydrogens is 528 g/mol. The smallest absolute Gasteiger partial charge is 0.265 e. The van der Waals surface area contributed by atoms with Crippen LogP contribution in [0.1, 0.15) is 29.0 Å². The van der Waals surface area contributed by atoms with Crippen molar-refractivity contribution in [2.24, 2.45) is 4.99 Å². The maximum atomic E-state index is 12.8. The molecule has 4 rings (SSSR count). The first-order chi connectivity index (χ1) is 19.0. The summed E-state index contributed by atoms with van der Waals surface area (Å²) >= 11 is 5.90. The van der Waals surface area contributed by atoms with E-state index in [-0.39, 0.29) is 17.3 Å². The molecule has 39 heavy (non-hydrogen) atoms. The van der Waals surface area contributed by atoms with Gasteiger partial charge in [-0.15, -0.1) is 0 Å². The van der Waals surface area contributed by atoms with E-state index < -0.39 is 5.91 Å². The summed E-state index contributed by atoms with van der Waals surface area (Å²) in [6, 6.07) is 15.5. The van der Waals surface area contributed by atoms with E-state index in [1.807, 2.05) is 19.1 Å². The number of amides is 1. The molecule has 1 amide bonds. The molecule has 13 heteroatoms. The molecule has 0 saturated carbocycles. The van der Waals surface area contributed by atoms with E-state index in [1.54, 1.807) is 49.6 Å². The first-order valence-electron chi connectivity index (χ1n) is 11.5. The third kappa shape index (κ3) is 9.54. The third-order valence-corrected chi connectivity index (χ3v) is 4.91. The summed E-state index contributed by atoms with van der Waals surface area (Å²) in [7, 11) is 1.68. The Kier molecular flexibility index (Phi) is 11.4. The van der Waals surface area contributed by atoms with Crippen molar-refractivity contribution in [3.05, 3.63) is 89.4 Å². The number of carbonyl (C=O) groups excluding carboxylic acids is 2. The van der Waals surface area contributed by atoms with Crippen molar-refractivity contribution in [1.82, 2.24) is 25.9 Å². The monoisotopic (exact) mass is 552 g/mol. The molecule has 2 heterocycles. The fourth-order valence-electron chi connectivity index (χ4n) is 2.71. The van der Waals surface area contributed by atoms with E-state index in [0.29, 0.717) is 35.2 Å². The number of methoxy groups -OCH3 is 1. The van der Waals surface area contributed by atoms with Gasteiger partial charge in [-0.25, -0.2) is 4.99 Å². The summed E-state index contributed by atoms with van der Waals surface area (Å²) in [6.45, 7) is 3.18. The van der Waals surface area contributed by atoms with Gasteiger partial charge < -0.3 is 29.2 Å². The quantitative estimate of drug-likeness (QED) is 0.117. The van der Waals surface area contributed by atoms with Gasteiger partial charge >= 0.3 is 0 Å². The number of aromatic nitrogens is 3. The molecule has 0 spiro atoms. The summed E-state index contributed by atoms with van der Waals surface area (Å²) in [6.07, 6.45) is 4.46. The Morgan fingerprint density at radius 1 is 1.10 bits per heavy atom. The Hall–Kier alpha value is -4.81. The highest BCUT2D eigenvalue weighted by atomic mass is 35.5. The van der Waals surface area contributed by atoms with Gasteiger partial charge in [0.05, 0.1) is 12.0 Å². The molecule has 2 aromatic heterocycles. The van der Waals surface area contributed by atoms with Crippen LogP contribution < -0.4 is 15.4 Å². The minimum absolute atomic E-state index is 0.0161. The molecule has 12 nitrogen and oxygen atoms in total. The fourth-order valence-corrected chi connectivity index (χ4v) is 2.83. The Labute approximate surface area is 228 Å². The van der Waals surface area contributed by atoms with Gasteiger partial charge in [-0.2, -0.15) is 4.98 Å². The van der Waals surface area contributed by atoms with Crippen molar-refractivity contribution in [2.45, 2.75) is 13.5 Å². The van der Waals surface area contributed by atoms with E-state index in [4.69, 9.17) is 25.4 Å². The highest BCUT2D eigenvalue weighted by Gasteiger charge is 2.18. The molecule has 0 fully saturated rings. The van der Waals surface area contributed by atoms with Crippen LogP contribution in [0.3, 0.4) is 0 Å². The maximum absolute atomic E-state index is 12.8. The molecule has 0 aliphatic heterocycles. The molecule has 0 radical (unpaired) electrons. The average molecular weight is 553 g/mol. The lowest BCUT2D eigenvalue weighted by molar-refractivity contribution is -0.114. The minimum Gasteiger partial charge on any atom is -0.436 e. The van der Waals surface area contributed by atoms with Crippen molar-refractivity contribution < 1.29 is 28.1 Å². The van der Waals surface area contributed by atoms with Gasteiger partial charge in [0.1, 0.15) is 17.6 Å². The maximum Gasteiger partial charge on any atom is 0.265 e. The number of hydrogen-bond donors (Lipinski definition) is 2. The number of aliphatic imine (C=N–C) groups is 1. The van der Waals surface area contributed by atoms with Crippen molar-refractivity contribution >= 4 is 41.4 Å². The summed E-state index contributed by atoms with van der Waals surface area (Å²) < 4.78 is 19.8. The van der Waals surface area contributed by atoms with Crippen LogP contribution in [0.15, 0.2) is 81.1 Å².